The van der Waals surface area contributed by atoms with Crippen molar-refractivity contribution in [3.63, 3.8) is 0 Å². The van der Waals surface area contributed by atoms with Crippen LogP contribution >= 0.6 is 0 Å². The average molecular weight is 237 g/mol. The molecule has 3 nitrogen and oxygen atoms in total. The zero-order valence-corrected chi connectivity index (χ0v) is 10.0. The van der Waals surface area contributed by atoms with Crippen molar-refractivity contribution in [1.82, 2.24) is 0 Å². The predicted octanol–water partition coefficient (Wildman–Crippen LogP) is 2.50. The number of hydrogen-bond donors (Lipinski definition) is 1. The number of anilines is 1. The number of aryl methyl sites for hydroxylation is 1. The van der Waals surface area contributed by atoms with Gasteiger partial charge in [-0.2, -0.15) is 0 Å². The molecule has 0 saturated heterocycles. The van der Waals surface area contributed by atoms with Gasteiger partial charge in [-0.25, -0.2) is 4.39 Å². The molecule has 1 aromatic rings. The molecule has 1 aliphatic rings. The lowest BCUT2D eigenvalue weighted by Gasteiger charge is -2.14. The monoisotopic (exact) mass is 237 g/mol. The normalized spacial score (nSPS) is 16.4. The number of halogens is 1. The summed E-state index contributed by atoms with van der Waals surface area (Å²) in [6.45, 7) is 2.26. The van der Waals surface area contributed by atoms with Gasteiger partial charge in [0, 0.05) is 12.2 Å². The highest BCUT2D eigenvalue weighted by Crippen LogP contribution is 2.46. The van der Waals surface area contributed by atoms with E-state index in [9.17, 15) is 9.18 Å². The van der Waals surface area contributed by atoms with Gasteiger partial charge in [-0.3, -0.25) is 4.79 Å². The fourth-order valence-electron chi connectivity index (χ4n) is 1.85. The number of benzene rings is 1. The molecule has 0 aromatic heterocycles. The van der Waals surface area contributed by atoms with Crippen molar-refractivity contribution >= 4 is 11.7 Å². The van der Waals surface area contributed by atoms with Crippen LogP contribution in [0.15, 0.2) is 18.2 Å². The summed E-state index contributed by atoms with van der Waals surface area (Å²) >= 11 is 0. The Morgan fingerprint density at radius 3 is 2.76 bits per heavy atom. The van der Waals surface area contributed by atoms with Crippen LogP contribution in [-0.4, -0.2) is 19.6 Å². The quantitative estimate of drug-likeness (QED) is 0.818. The third-order valence-electron chi connectivity index (χ3n) is 3.26. The molecule has 0 atom stereocenters. The molecule has 2 rings (SSSR count). The second kappa shape index (κ2) is 4.35. The van der Waals surface area contributed by atoms with Gasteiger partial charge in [-0.05, 0) is 43.5 Å². The topological polar surface area (TPSA) is 38.3 Å². The Kier molecular flexibility index (Phi) is 3.05. The molecule has 1 aliphatic carbocycles. The Hall–Kier alpha value is -1.58. The van der Waals surface area contributed by atoms with Crippen LogP contribution in [0.3, 0.4) is 0 Å². The fourth-order valence-corrected chi connectivity index (χ4v) is 1.85. The fraction of sp³-hybridized carbons (Fsp3) is 0.462. The Morgan fingerprint density at radius 1 is 1.53 bits per heavy atom. The second-order valence-electron chi connectivity index (χ2n) is 4.59. The lowest BCUT2D eigenvalue weighted by atomic mass is 10.1. The SMILES string of the molecule is COC(=O)C1(CNc2ccc(F)c(C)c2)CC1. The first-order valence-electron chi connectivity index (χ1n) is 5.66. The molecular formula is C13H16FNO2. The van der Waals surface area contributed by atoms with Crippen molar-refractivity contribution in [2.45, 2.75) is 19.8 Å². The van der Waals surface area contributed by atoms with Crippen molar-refractivity contribution in [3.8, 4) is 0 Å². The molecule has 0 spiro atoms. The molecule has 1 fully saturated rings. The maximum Gasteiger partial charge on any atom is 0.313 e. The molecule has 1 N–H and O–H groups in total. The van der Waals surface area contributed by atoms with Crippen LogP contribution in [-0.2, 0) is 9.53 Å². The van der Waals surface area contributed by atoms with Gasteiger partial charge in [0.25, 0.3) is 0 Å². The van der Waals surface area contributed by atoms with E-state index in [-0.39, 0.29) is 17.2 Å². The summed E-state index contributed by atoms with van der Waals surface area (Å²) in [5, 5.41) is 3.16. The highest BCUT2D eigenvalue weighted by Gasteiger charge is 2.50. The molecule has 4 heteroatoms. The zero-order chi connectivity index (χ0) is 12.5. The van der Waals surface area contributed by atoms with Crippen molar-refractivity contribution in [2.75, 3.05) is 19.0 Å². The number of rotatable bonds is 4. The van der Waals surface area contributed by atoms with E-state index in [0.717, 1.165) is 18.5 Å². The van der Waals surface area contributed by atoms with E-state index in [2.05, 4.69) is 5.32 Å². The van der Waals surface area contributed by atoms with Gasteiger partial charge in [0.2, 0.25) is 0 Å². The first-order chi connectivity index (χ1) is 8.07. The number of hydrogen-bond acceptors (Lipinski definition) is 3. The number of carbonyl (C=O) groups excluding carboxylic acids is 1. The van der Waals surface area contributed by atoms with E-state index in [1.54, 1.807) is 19.1 Å². The van der Waals surface area contributed by atoms with Crippen LogP contribution in [0.2, 0.25) is 0 Å². The predicted molar refractivity (Wildman–Crippen MR) is 63.3 cm³/mol. The van der Waals surface area contributed by atoms with Crippen LogP contribution < -0.4 is 5.32 Å². The second-order valence-corrected chi connectivity index (χ2v) is 4.59. The molecule has 92 valence electrons. The summed E-state index contributed by atoms with van der Waals surface area (Å²) in [6, 6.07) is 4.84. The summed E-state index contributed by atoms with van der Waals surface area (Å²) in [5.41, 5.74) is 1.06. The molecule has 0 heterocycles. The molecule has 0 amide bonds. The first-order valence-corrected chi connectivity index (χ1v) is 5.66. The lowest BCUT2D eigenvalue weighted by molar-refractivity contribution is -0.146. The van der Waals surface area contributed by atoms with Gasteiger partial charge >= 0.3 is 5.97 Å². The Labute approximate surface area is 100.0 Å². The van der Waals surface area contributed by atoms with E-state index >= 15 is 0 Å². The minimum absolute atomic E-state index is 0.163. The standard InChI is InChI=1S/C13H16FNO2/c1-9-7-10(3-4-11(9)14)15-8-13(5-6-13)12(16)17-2/h3-4,7,15H,5-6,8H2,1-2H3. The van der Waals surface area contributed by atoms with Crippen LogP contribution in [0, 0.1) is 18.2 Å². The van der Waals surface area contributed by atoms with Crippen LogP contribution in [0.25, 0.3) is 0 Å². The van der Waals surface area contributed by atoms with Gasteiger partial charge in [-0.1, -0.05) is 0 Å². The summed E-state index contributed by atoms with van der Waals surface area (Å²) in [6.07, 6.45) is 1.71. The van der Waals surface area contributed by atoms with Crippen molar-refractivity contribution < 1.29 is 13.9 Å². The van der Waals surface area contributed by atoms with Gasteiger partial charge in [0.1, 0.15) is 5.82 Å². The molecule has 1 saturated carbocycles. The molecular weight excluding hydrogens is 221 g/mol. The maximum atomic E-state index is 13.1. The number of methoxy groups -OCH3 is 1. The molecule has 0 radical (unpaired) electrons. The first kappa shape index (κ1) is 11.9. The third-order valence-corrected chi connectivity index (χ3v) is 3.26. The van der Waals surface area contributed by atoms with Gasteiger partial charge in [0.15, 0.2) is 0 Å². The maximum absolute atomic E-state index is 13.1. The van der Waals surface area contributed by atoms with E-state index in [4.69, 9.17) is 4.74 Å². The number of ether oxygens (including phenoxy) is 1. The number of esters is 1. The molecule has 0 bridgehead atoms. The summed E-state index contributed by atoms with van der Waals surface area (Å²) in [7, 11) is 1.41. The minimum atomic E-state index is -0.364. The van der Waals surface area contributed by atoms with Gasteiger partial charge < -0.3 is 10.1 Å². The highest BCUT2D eigenvalue weighted by atomic mass is 19.1. The number of nitrogens with one attached hydrogen (secondary N) is 1. The summed E-state index contributed by atoms with van der Waals surface area (Å²) in [4.78, 5) is 11.5. The number of carbonyl (C=O) groups is 1. The Balaban J connectivity index is 1.98. The lowest BCUT2D eigenvalue weighted by Crippen LogP contribution is -2.25. The van der Waals surface area contributed by atoms with E-state index < -0.39 is 0 Å². The Morgan fingerprint density at radius 2 is 2.24 bits per heavy atom. The molecule has 0 aliphatic heterocycles. The van der Waals surface area contributed by atoms with Gasteiger partial charge in [-0.15, -0.1) is 0 Å². The van der Waals surface area contributed by atoms with Gasteiger partial charge in [0.05, 0.1) is 12.5 Å². The third kappa shape index (κ3) is 2.40. The van der Waals surface area contributed by atoms with Crippen molar-refractivity contribution in [1.29, 1.82) is 0 Å². The average Bonchev–Trinajstić information content (AvgIpc) is 3.11. The summed E-state index contributed by atoms with van der Waals surface area (Å²) < 4.78 is 17.8. The van der Waals surface area contributed by atoms with Crippen LogP contribution in [0.4, 0.5) is 10.1 Å². The largest absolute Gasteiger partial charge is 0.469 e. The summed E-state index contributed by atoms with van der Waals surface area (Å²) in [5.74, 6) is -0.381. The molecule has 0 unspecified atom stereocenters. The van der Waals surface area contributed by atoms with Crippen molar-refractivity contribution in [3.05, 3.63) is 29.6 Å². The highest BCUT2D eigenvalue weighted by molar-refractivity contribution is 5.80. The molecule has 17 heavy (non-hydrogen) atoms. The van der Waals surface area contributed by atoms with Crippen molar-refractivity contribution in [2.24, 2.45) is 5.41 Å². The minimum Gasteiger partial charge on any atom is -0.469 e. The Bertz CT molecular complexity index is 441. The smallest absolute Gasteiger partial charge is 0.313 e. The van der Waals surface area contributed by atoms with E-state index in [0.29, 0.717) is 12.1 Å². The van der Waals surface area contributed by atoms with E-state index in [1.807, 2.05) is 0 Å². The molecule has 1 aromatic carbocycles. The zero-order valence-electron chi connectivity index (χ0n) is 10.0. The van der Waals surface area contributed by atoms with Crippen LogP contribution in [0.5, 0.6) is 0 Å². The van der Waals surface area contributed by atoms with E-state index in [1.165, 1.54) is 13.2 Å². The van der Waals surface area contributed by atoms with Crippen LogP contribution in [0.1, 0.15) is 18.4 Å².